The van der Waals surface area contributed by atoms with E-state index in [-0.39, 0.29) is 23.5 Å². The topological polar surface area (TPSA) is 58.2 Å². The van der Waals surface area contributed by atoms with E-state index in [1.807, 2.05) is 44.2 Å². The third kappa shape index (κ3) is 6.31. The fourth-order valence-electron chi connectivity index (χ4n) is 2.63. The number of hydrogen-bond acceptors (Lipinski definition) is 2. The molecule has 138 valence electrons. The number of amides is 2. The molecule has 2 aromatic rings. The van der Waals surface area contributed by atoms with Crippen molar-refractivity contribution in [1.29, 1.82) is 0 Å². The van der Waals surface area contributed by atoms with Gasteiger partial charge in [0.1, 0.15) is 5.82 Å². The van der Waals surface area contributed by atoms with Gasteiger partial charge in [-0.1, -0.05) is 38.1 Å². The number of carbonyl (C=O) groups is 2. The van der Waals surface area contributed by atoms with Crippen molar-refractivity contribution in [1.82, 2.24) is 5.32 Å². The van der Waals surface area contributed by atoms with Crippen LogP contribution in [0.4, 0.5) is 10.1 Å². The zero-order valence-corrected chi connectivity index (χ0v) is 15.2. The summed E-state index contributed by atoms with van der Waals surface area (Å²) in [5.74, 6) is -0.611. The van der Waals surface area contributed by atoms with E-state index in [0.29, 0.717) is 19.4 Å². The molecule has 2 aromatic carbocycles. The molecule has 0 aliphatic carbocycles. The van der Waals surface area contributed by atoms with Gasteiger partial charge in [-0.2, -0.15) is 0 Å². The third-order valence-corrected chi connectivity index (χ3v) is 4.06. The number of benzene rings is 2. The summed E-state index contributed by atoms with van der Waals surface area (Å²) in [6.45, 7) is 4.20. The van der Waals surface area contributed by atoms with Crippen LogP contribution in [0.25, 0.3) is 0 Å². The molecular weight excluding hydrogens is 331 g/mol. The first-order valence-electron chi connectivity index (χ1n) is 8.89. The van der Waals surface area contributed by atoms with Gasteiger partial charge in [0, 0.05) is 24.6 Å². The number of anilines is 1. The second-order valence-corrected chi connectivity index (χ2v) is 6.45. The van der Waals surface area contributed by atoms with Gasteiger partial charge in [0.25, 0.3) is 0 Å². The summed E-state index contributed by atoms with van der Waals surface area (Å²) >= 11 is 0. The molecule has 0 heterocycles. The van der Waals surface area contributed by atoms with E-state index in [2.05, 4.69) is 10.6 Å². The van der Waals surface area contributed by atoms with Gasteiger partial charge in [-0.25, -0.2) is 4.39 Å². The molecule has 0 bridgehead atoms. The summed E-state index contributed by atoms with van der Waals surface area (Å²) in [4.78, 5) is 23.8. The standard InChI is InChI=1S/C21H25FN2O2/c1-3-5-20(25)24-19-10-8-16(9-11-19)14-23-21(26)15(2)12-17-6-4-7-18(22)13-17/h4,6-11,13,15H,3,5,12,14H2,1-2H3,(H,23,26)(H,24,25). The van der Waals surface area contributed by atoms with Crippen LogP contribution in [0.5, 0.6) is 0 Å². The Kier molecular flexibility index (Phi) is 7.33. The zero-order chi connectivity index (χ0) is 18.9. The number of hydrogen-bond donors (Lipinski definition) is 2. The third-order valence-electron chi connectivity index (χ3n) is 4.06. The van der Waals surface area contributed by atoms with Gasteiger partial charge in [-0.3, -0.25) is 9.59 Å². The summed E-state index contributed by atoms with van der Waals surface area (Å²) in [5.41, 5.74) is 2.50. The van der Waals surface area contributed by atoms with E-state index in [1.165, 1.54) is 12.1 Å². The largest absolute Gasteiger partial charge is 0.352 e. The van der Waals surface area contributed by atoms with Crippen molar-refractivity contribution in [3.8, 4) is 0 Å². The molecule has 0 saturated carbocycles. The maximum Gasteiger partial charge on any atom is 0.224 e. The average molecular weight is 356 g/mol. The molecule has 0 spiro atoms. The Labute approximate surface area is 153 Å². The minimum Gasteiger partial charge on any atom is -0.352 e. The first kappa shape index (κ1) is 19.6. The maximum atomic E-state index is 13.2. The molecule has 26 heavy (non-hydrogen) atoms. The Morgan fingerprint density at radius 3 is 2.46 bits per heavy atom. The Balaban J connectivity index is 1.81. The molecule has 0 fully saturated rings. The molecule has 0 saturated heterocycles. The number of halogens is 1. The summed E-state index contributed by atoms with van der Waals surface area (Å²) in [6, 6.07) is 13.7. The van der Waals surface area contributed by atoms with Crippen molar-refractivity contribution in [2.24, 2.45) is 5.92 Å². The lowest BCUT2D eigenvalue weighted by Crippen LogP contribution is -2.29. The van der Waals surface area contributed by atoms with Gasteiger partial charge in [-0.15, -0.1) is 0 Å². The van der Waals surface area contributed by atoms with Crippen LogP contribution in [-0.2, 0) is 22.6 Å². The van der Waals surface area contributed by atoms with Crippen LogP contribution in [-0.4, -0.2) is 11.8 Å². The van der Waals surface area contributed by atoms with Crippen molar-refractivity contribution in [3.63, 3.8) is 0 Å². The first-order valence-corrected chi connectivity index (χ1v) is 8.89. The van der Waals surface area contributed by atoms with Crippen molar-refractivity contribution >= 4 is 17.5 Å². The molecule has 4 nitrogen and oxygen atoms in total. The monoisotopic (exact) mass is 356 g/mol. The average Bonchev–Trinajstić information content (AvgIpc) is 2.61. The minimum atomic E-state index is -0.291. The molecule has 0 aromatic heterocycles. The van der Waals surface area contributed by atoms with Gasteiger partial charge in [0.05, 0.1) is 0 Å². The Morgan fingerprint density at radius 2 is 1.81 bits per heavy atom. The highest BCUT2D eigenvalue weighted by Gasteiger charge is 2.13. The molecule has 1 unspecified atom stereocenters. The van der Waals surface area contributed by atoms with E-state index in [0.717, 1.165) is 23.2 Å². The van der Waals surface area contributed by atoms with Crippen LogP contribution in [0.3, 0.4) is 0 Å². The molecular formula is C21H25FN2O2. The van der Waals surface area contributed by atoms with Crippen LogP contribution in [0.2, 0.25) is 0 Å². The normalized spacial score (nSPS) is 11.7. The molecule has 2 amide bonds. The zero-order valence-electron chi connectivity index (χ0n) is 15.2. The second kappa shape index (κ2) is 9.70. The highest BCUT2D eigenvalue weighted by atomic mass is 19.1. The van der Waals surface area contributed by atoms with E-state index < -0.39 is 0 Å². The van der Waals surface area contributed by atoms with Crippen LogP contribution in [0.1, 0.15) is 37.8 Å². The number of carbonyl (C=O) groups excluding carboxylic acids is 2. The minimum absolute atomic E-state index is 0.000253. The van der Waals surface area contributed by atoms with Crippen molar-refractivity contribution < 1.29 is 14.0 Å². The lowest BCUT2D eigenvalue weighted by Gasteiger charge is -2.13. The van der Waals surface area contributed by atoms with E-state index in [1.54, 1.807) is 6.07 Å². The maximum absolute atomic E-state index is 13.2. The highest BCUT2D eigenvalue weighted by molar-refractivity contribution is 5.90. The SMILES string of the molecule is CCCC(=O)Nc1ccc(CNC(=O)C(C)Cc2cccc(F)c2)cc1. The fraction of sp³-hybridized carbons (Fsp3) is 0.333. The number of rotatable bonds is 8. The lowest BCUT2D eigenvalue weighted by molar-refractivity contribution is -0.124. The Hall–Kier alpha value is -2.69. The Morgan fingerprint density at radius 1 is 1.08 bits per heavy atom. The fourth-order valence-corrected chi connectivity index (χ4v) is 2.63. The Bertz CT molecular complexity index is 744. The van der Waals surface area contributed by atoms with Gasteiger partial charge in [-0.05, 0) is 48.2 Å². The second-order valence-electron chi connectivity index (χ2n) is 6.45. The van der Waals surface area contributed by atoms with Gasteiger partial charge < -0.3 is 10.6 Å². The van der Waals surface area contributed by atoms with E-state index in [9.17, 15) is 14.0 Å². The van der Waals surface area contributed by atoms with Crippen molar-refractivity contribution in [2.45, 2.75) is 39.7 Å². The molecule has 0 aliphatic rings. The summed E-state index contributed by atoms with van der Waals surface area (Å²) in [5, 5.41) is 5.72. The van der Waals surface area contributed by atoms with Gasteiger partial charge in [0.2, 0.25) is 11.8 Å². The van der Waals surface area contributed by atoms with Crippen molar-refractivity contribution in [3.05, 3.63) is 65.5 Å². The van der Waals surface area contributed by atoms with Gasteiger partial charge in [0.15, 0.2) is 0 Å². The van der Waals surface area contributed by atoms with E-state index >= 15 is 0 Å². The predicted molar refractivity (Wildman–Crippen MR) is 101 cm³/mol. The van der Waals surface area contributed by atoms with Gasteiger partial charge >= 0.3 is 0 Å². The quantitative estimate of drug-likeness (QED) is 0.749. The summed E-state index contributed by atoms with van der Waals surface area (Å²) in [7, 11) is 0. The van der Waals surface area contributed by atoms with Crippen LogP contribution in [0, 0.1) is 11.7 Å². The molecule has 1 atom stereocenters. The molecule has 2 N–H and O–H groups in total. The predicted octanol–water partition coefficient (Wildman–Crippen LogP) is 4.06. The van der Waals surface area contributed by atoms with Crippen molar-refractivity contribution in [2.75, 3.05) is 5.32 Å². The number of nitrogens with one attached hydrogen (secondary N) is 2. The summed E-state index contributed by atoms with van der Waals surface area (Å²) in [6.07, 6.45) is 1.80. The molecule has 5 heteroatoms. The lowest BCUT2D eigenvalue weighted by atomic mass is 10.0. The molecule has 0 aliphatic heterocycles. The van der Waals surface area contributed by atoms with Crippen LogP contribution in [0.15, 0.2) is 48.5 Å². The molecule has 2 rings (SSSR count). The summed E-state index contributed by atoms with van der Waals surface area (Å²) < 4.78 is 13.2. The smallest absolute Gasteiger partial charge is 0.224 e. The molecule has 0 radical (unpaired) electrons. The van der Waals surface area contributed by atoms with Crippen LogP contribution < -0.4 is 10.6 Å². The highest BCUT2D eigenvalue weighted by Crippen LogP contribution is 2.12. The van der Waals surface area contributed by atoms with Crippen LogP contribution >= 0.6 is 0 Å². The first-order chi connectivity index (χ1) is 12.5. The van der Waals surface area contributed by atoms with E-state index in [4.69, 9.17) is 0 Å².